The number of hydrogen-bond acceptors (Lipinski definition) is 3. The van der Waals surface area contributed by atoms with Crippen molar-refractivity contribution in [1.82, 2.24) is 6.15 Å². The van der Waals surface area contributed by atoms with Crippen LogP contribution in [0.15, 0.2) is 0 Å². The minimum Gasteiger partial charge on any atom is -0.396 e. The Morgan fingerprint density at radius 3 is 1.22 bits per heavy atom. The molecule has 0 heterocycles. The summed E-state index contributed by atoms with van der Waals surface area (Å²) >= 11 is 6.44. The number of unbranched alkanes of at least 4 members (excludes halogenated alkanes) is 14. The van der Waals surface area contributed by atoms with E-state index >= 15 is 0 Å². The number of aliphatic hydroxyl groups excluding tert-OH is 2. The van der Waals surface area contributed by atoms with Crippen LogP contribution in [0, 0.1) is 5.92 Å². The molecule has 0 bridgehead atoms. The van der Waals surface area contributed by atoms with Crippen LogP contribution in [0.25, 0.3) is 0 Å². The van der Waals surface area contributed by atoms with E-state index in [4.69, 9.17) is 21.8 Å². The van der Waals surface area contributed by atoms with Gasteiger partial charge in [0, 0.05) is 18.6 Å². The van der Waals surface area contributed by atoms with Crippen LogP contribution in [0.5, 0.6) is 0 Å². The molecule has 0 aromatic rings. The van der Waals surface area contributed by atoms with Crippen LogP contribution in [0.2, 0.25) is 0 Å². The topological polar surface area (TPSA) is 75.5 Å². The molecule has 0 fully saturated rings. The SMILES string of the molecule is CCCCCCCCCCCCCCCCCC(Cl)C(CCO)CCO.N. The van der Waals surface area contributed by atoms with Gasteiger partial charge in [-0.1, -0.05) is 103 Å². The lowest BCUT2D eigenvalue weighted by atomic mass is 9.94. The number of hydrogen-bond donors (Lipinski definition) is 3. The molecule has 27 heavy (non-hydrogen) atoms. The van der Waals surface area contributed by atoms with Gasteiger partial charge >= 0.3 is 0 Å². The van der Waals surface area contributed by atoms with Gasteiger partial charge in [-0.15, -0.1) is 11.6 Å². The first-order valence-electron chi connectivity index (χ1n) is 11.6. The van der Waals surface area contributed by atoms with Gasteiger partial charge in [-0.2, -0.15) is 0 Å². The van der Waals surface area contributed by atoms with E-state index < -0.39 is 0 Å². The summed E-state index contributed by atoms with van der Waals surface area (Å²) in [5, 5.41) is 18.3. The maximum Gasteiger partial charge on any atom is 0.0434 e. The smallest absolute Gasteiger partial charge is 0.0434 e. The van der Waals surface area contributed by atoms with Gasteiger partial charge in [0.2, 0.25) is 0 Å². The van der Waals surface area contributed by atoms with Gasteiger partial charge in [0.25, 0.3) is 0 Å². The fraction of sp³-hybridized carbons (Fsp3) is 1.00. The molecule has 0 saturated heterocycles. The Hall–Kier alpha value is 0.170. The Labute approximate surface area is 175 Å². The molecule has 0 rings (SSSR count). The molecule has 0 saturated carbocycles. The van der Waals surface area contributed by atoms with Gasteiger partial charge in [-0.3, -0.25) is 0 Å². The van der Waals surface area contributed by atoms with E-state index in [1.165, 1.54) is 96.3 Å². The van der Waals surface area contributed by atoms with Crippen molar-refractivity contribution in [3.8, 4) is 0 Å². The van der Waals surface area contributed by atoms with Crippen molar-refractivity contribution in [2.24, 2.45) is 5.92 Å². The molecule has 0 aliphatic heterocycles. The highest BCUT2D eigenvalue weighted by atomic mass is 35.5. The molecular weight excluding hydrogens is 358 g/mol. The number of halogens is 1. The summed E-state index contributed by atoms with van der Waals surface area (Å²) in [6, 6.07) is 0. The molecule has 0 spiro atoms. The molecule has 166 valence electrons. The first kappa shape index (κ1) is 29.4. The van der Waals surface area contributed by atoms with Crippen molar-refractivity contribution in [3.05, 3.63) is 0 Å². The van der Waals surface area contributed by atoms with Crippen molar-refractivity contribution in [1.29, 1.82) is 0 Å². The standard InChI is InChI=1S/C23H47ClO2.H3N/c1-2-3-4-5-6-7-8-9-10-11-12-13-14-15-16-17-23(24)22(18-20-25)19-21-26;/h22-23,25-26H,2-21H2,1H3;1H3. The first-order valence-corrected chi connectivity index (χ1v) is 12.1. The van der Waals surface area contributed by atoms with Crippen molar-refractivity contribution < 1.29 is 10.2 Å². The van der Waals surface area contributed by atoms with Gasteiger partial charge < -0.3 is 16.4 Å². The summed E-state index contributed by atoms with van der Waals surface area (Å²) in [5.41, 5.74) is 0. The molecule has 1 atom stereocenters. The molecule has 4 heteroatoms. The summed E-state index contributed by atoms with van der Waals surface area (Å²) in [5.74, 6) is 0.262. The Balaban J connectivity index is 0. The van der Waals surface area contributed by atoms with Gasteiger partial charge in [0.15, 0.2) is 0 Å². The van der Waals surface area contributed by atoms with Crippen LogP contribution in [0.1, 0.15) is 122 Å². The van der Waals surface area contributed by atoms with Gasteiger partial charge in [0.05, 0.1) is 0 Å². The zero-order chi connectivity index (χ0) is 19.3. The quantitative estimate of drug-likeness (QED) is 0.137. The molecular formula is C23H50ClNO2. The van der Waals surface area contributed by atoms with Crippen LogP contribution in [-0.4, -0.2) is 28.8 Å². The highest BCUT2D eigenvalue weighted by Gasteiger charge is 2.17. The van der Waals surface area contributed by atoms with E-state index in [0.717, 1.165) is 6.42 Å². The van der Waals surface area contributed by atoms with E-state index in [-0.39, 0.29) is 30.7 Å². The third-order valence-electron chi connectivity index (χ3n) is 5.59. The molecule has 0 aliphatic carbocycles. The average molecular weight is 408 g/mol. The molecule has 0 aromatic heterocycles. The second kappa shape index (κ2) is 24.2. The summed E-state index contributed by atoms with van der Waals surface area (Å²) in [6.07, 6.45) is 23.2. The average Bonchev–Trinajstić information content (AvgIpc) is 2.64. The van der Waals surface area contributed by atoms with Crippen molar-refractivity contribution in [2.45, 2.75) is 128 Å². The third-order valence-corrected chi connectivity index (χ3v) is 6.17. The van der Waals surface area contributed by atoms with Crippen LogP contribution in [0.4, 0.5) is 0 Å². The Morgan fingerprint density at radius 2 is 0.889 bits per heavy atom. The van der Waals surface area contributed by atoms with Crippen LogP contribution in [-0.2, 0) is 0 Å². The van der Waals surface area contributed by atoms with Crippen LogP contribution < -0.4 is 6.15 Å². The second-order valence-electron chi connectivity index (χ2n) is 8.04. The fourth-order valence-corrected chi connectivity index (χ4v) is 4.19. The Morgan fingerprint density at radius 1 is 0.556 bits per heavy atom. The van der Waals surface area contributed by atoms with Gasteiger partial charge in [0.1, 0.15) is 0 Å². The molecule has 3 nitrogen and oxygen atoms in total. The molecule has 0 aromatic carbocycles. The predicted octanol–water partition coefficient (Wildman–Crippen LogP) is 7.40. The minimum atomic E-state index is 0. The lowest BCUT2D eigenvalue weighted by Crippen LogP contribution is -2.18. The van der Waals surface area contributed by atoms with E-state index in [1.807, 2.05) is 0 Å². The monoisotopic (exact) mass is 407 g/mol. The largest absolute Gasteiger partial charge is 0.396 e. The molecule has 1 unspecified atom stereocenters. The highest BCUT2D eigenvalue weighted by Crippen LogP contribution is 2.24. The number of alkyl halides is 1. The van der Waals surface area contributed by atoms with Crippen molar-refractivity contribution in [3.63, 3.8) is 0 Å². The third kappa shape index (κ3) is 20.7. The molecule has 0 amide bonds. The summed E-state index contributed by atoms with van der Waals surface area (Å²) in [4.78, 5) is 0. The van der Waals surface area contributed by atoms with Crippen LogP contribution >= 0.6 is 11.6 Å². The Kier molecular flexibility index (Phi) is 26.3. The highest BCUT2D eigenvalue weighted by molar-refractivity contribution is 6.20. The number of aliphatic hydroxyl groups is 2. The fourth-order valence-electron chi connectivity index (χ4n) is 3.78. The van der Waals surface area contributed by atoms with E-state index in [0.29, 0.717) is 12.8 Å². The maximum atomic E-state index is 9.08. The van der Waals surface area contributed by atoms with E-state index in [9.17, 15) is 0 Å². The minimum absolute atomic E-state index is 0. The molecule has 5 N–H and O–H groups in total. The molecule has 0 aliphatic rings. The lowest BCUT2D eigenvalue weighted by Gasteiger charge is -2.20. The van der Waals surface area contributed by atoms with Crippen molar-refractivity contribution >= 4 is 11.6 Å². The van der Waals surface area contributed by atoms with Crippen LogP contribution in [0.3, 0.4) is 0 Å². The lowest BCUT2D eigenvalue weighted by molar-refractivity contribution is 0.209. The summed E-state index contributed by atoms with van der Waals surface area (Å²) in [7, 11) is 0. The molecule has 0 radical (unpaired) electrons. The zero-order valence-electron chi connectivity index (χ0n) is 18.3. The van der Waals surface area contributed by atoms with E-state index in [1.54, 1.807) is 0 Å². The Bertz CT molecular complexity index is 261. The van der Waals surface area contributed by atoms with E-state index in [2.05, 4.69) is 6.92 Å². The first-order chi connectivity index (χ1) is 12.8. The normalized spacial score (nSPS) is 12.3. The summed E-state index contributed by atoms with van der Waals surface area (Å²) in [6.45, 7) is 2.63. The predicted molar refractivity (Wildman–Crippen MR) is 121 cm³/mol. The number of rotatable bonds is 21. The summed E-state index contributed by atoms with van der Waals surface area (Å²) < 4.78 is 0. The second-order valence-corrected chi connectivity index (χ2v) is 8.60. The maximum absolute atomic E-state index is 9.08. The zero-order valence-corrected chi connectivity index (χ0v) is 19.0. The van der Waals surface area contributed by atoms with Crippen molar-refractivity contribution in [2.75, 3.05) is 13.2 Å². The van der Waals surface area contributed by atoms with Gasteiger partial charge in [-0.25, -0.2) is 0 Å². The van der Waals surface area contributed by atoms with Gasteiger partial charge in [-0.05, 0) is 25.2 Å².